The molecular weight excluding hydrogens is 358 g/mol. The van der Waals surface area contributed by atoms with E-state index in [0.29, 0.717) is 0 Å². The first-order valence-electron chi connectivity index (χ1n) is 8.48. The van der Waals surface area contributed by atoms with Crippen LogP contribution in [0.3, 0.4) is 0 Å². The molecule has 150 valence electrons. The molecule has 2 N–H and O–H groups in total. The van der Waals surface area contributed by atoms with Crippen molar-refractivity contribution >= 4 is 23.9 Å². The number of aliphatic carboxylic acids is 1. The predicted molar refractivity (Wildman–Crippen MR) is 92.1 cm³/mol. The van der Waals surface area contributed by atoms with Crippen LogP contribution in [0.5, 0.6) is 0 Å². The first kappa shape index (κ1) is 20.7. The fourth-order valence-corrected chi connectivity index (χ4v) is 2.69. The van der Waals surface area contributed by atoms with E-state index in [1.165, 1.54) is 5.01 Å². The molecule has 0 aliphatic carbocycles. The van der Waals surface area contributed by atoms with Crippen LogP contribution < -0.4 is 5.32 Å². The maximum atomic E-state index is 12.7. The van der Waals surface area contributed by atoms with Gasteiger partial charge in [-0.3, -0.25) is 4.79 Å². The van der Waals surface area contributed by atoms with E-state index in [2.05, 4.69) is 5.32 Å². The minimum Gasteiger partial charge on any atom is -0.478 e. The maximum Gasteiger partial charge on any atom is 0.408 e. The van der Waals surface area contributed by atoms with Gasteiger partial charge in [-0.2, -0.15) is 0 Å². The van der Waals surface area contributed by atoms with Crippen molar-refractivity contribution in [3.05, 3.63) is 11.3 Å². The second-order valence-electron chi connectivity index (χ2n) is 8.33. The van der Waals surface area contributed by atoms with E-state index in [1.807, 2.05) is 0 Å². The van der Waals surface area contributed by atoms with Gasteiger partial charge in [0.1, 0.15) is 17.2 Å². The molecule has 0 unspecified atom stereocenters. The third-order valence-electron chi connectivity index (χ3n) is 3.56. The Bertz CT molecular complexity index is 715. The topological polar surface area (TPSA) is 125 Å². The Kier molecular flexibility index (Phi) is 5.24. The fourth-order valence-electron chi connectivity index (χ4n) is 2.69. The number of hydrazine groups is 1. The molecule has 1 fully saturated rings. The normalized spacial score (nSPS) is 20.6. The summed E-state index contributed by atoms with van der Waals surface area (Å²) in [6, 6.07) is -0.965. The number of ether oxygens (including phenoxy) is 2. The Morgan fingerprint density at radius 1 is 1.07 bits per heavy atom. The van der Waals surface area contributed by atoms with Gasteiger partial charge in [0, 0.05) is 6.54 Å². The first-order chi connectivity index (χ1) is 12.2. The number of esters is 1. The molecule has 0 saturated carbocycles. The number of carbonyl (C=O) groups is 4. The van der Waals surface area contributed by atoms with Crippen molar-refractivity contribution in [3.8, 4) is 0 Å². The number of fused-ring (bicyclic) bond motifs is 1. The Balaban J connectivity index is 2.22. The van der Waals surface area contributed by atoms with Crippen LogP contribution in [0.15, 0.2) is 11.3 Å². The van der Waals surface area contributed by atoms with Crippen molar-refractivity contribution in [2.24, 2.45) is 0 Å². The van der Waals surface area contributed by atoms with Crippen LogP contribution in [-0.4, -0.2) is 69.4 Å². The quantitative estimate of drug-likeness (QED) is 0.680. The lowest BCUT2D eigenvalue weighted by Crippen LogP contribution is -2.45. The number of carboxylic acid groups (broad SMARTS) is 1. The minimum atomic E-state index is -1.31. The van der Waals surface area contributed by atoms with Gasteiger partial charge < -0.3 is 19.9 Å². The number of carbonyl (C=O) groups excluding carboxylic acids is 3. The highest BCUT2D eigenvalue weighted by Gasteiger charge is 2.50. The molecule has 10 nitrogen and oxygen atoms in total. The number of nitrogens with one attached hydrogen (secondary N) is 1. The molecule has 1 atom stereocenters. The van der Waals surface area contributed by atoms with Gasteiger partial charge >= 0.3 is 18.0 Å². The molecule has 0 aromatic carbocycles. The zero-order chi connectivity index (χ0) is 20.7. The van der Waals surface area contributed by atoms with Crippen LogP contribution >= 0.6 is 0 Å². The molecule has 27 heavy (non-hydrogen) atoms. The number of hydrogen-bond acceptors (Lipinski definition) is 7. The predicted octanol–water partition coefficient (Wildman–Crippen LogP) is 0.633. The maximum absolute atomic E-state index is 12.7. The van der Waals surface area contributed by atoms with Crippen LogP contribution in [-0.2, 0) is 23.9 Å². The van der Waals surface area contributed by atoms with Crippen LogP contribution in [0.4, 0.5) is 4.79 Å². The van der Waals surface area contributed by atoms with E-state index in [0.717, 1.165) is 5.01 Å². The van der Waals surface area contributed by atoms with E-state index >= 15 is 0 Å². The van der Waals surface area contributed by atoms with Crippen molar-refractivity contribution in [2.45, 2.75) is 58.8 Å². The van der Waals surface area contributed by atoms with E-state index in [1.54, 1.807) is 41.5 Å². The SMILES string of the molecule is CC(C)(C)OC(=O)N[C@H]1CN2CC(C(=O)O)=C(C(=O)OC(C)(C)C)N2C1=O. The number of nitrogens with zero attached hydrogens (tertiary/aromatic N) is 2. The third-order valence-corrected chi connectivity index (χ3v) is 3.56. The highest BCUT2D eigenvalue weighted by Crippen LogP contribution is 2.31. The highest BCUT2D eigenvalue weighted by atomic mass is 16.6. The Hall–Kier alpha value is -2.62. The zero-order valence-corrected chi connectivity index (χ0v) is 16.3. The zero-order valence-electron chi connectivity index (χ0n) is 16.3. The molecule has 0 spiro atoms. The average Bonchev–Trinajstić information content (AvgIpc) is 2.93. The molecule has 1 saturated heterocycles. The molecule has 2 rings (SSSR count). The lowest BCUT2D eigenvalue weighted by Gasteiger charge is -2.24. The van der Waals surface area contributed by atoms with Crippen LogP contribution in [0, 0.1) is 0 Å². The summed E-state index contributed by atoms with van der Waals surface area (Å²) >= 11 is 0. The molecule has 0 aromatic heterocycles. The van der Waals surface area contributed by atoms with E-state index in [4.69, 9.17) is 9.47 Å². The van der Waals surface area contributed by atoms with Crippen molar-refractivity contribution in [3.63, 3.8) is 0 Å². The second-order valence-corrected chi connectivity index (χ2v) is 8.33. The fraction of sp³-hybridized carbons (Fsp3) is 0.647. The summed E-state index contributed by atoms with van der Waals surface area (Å²) in [6.07, 6.45) is -0.774. The van der Waals surface area contributed by atoms with Crippen molar-refractivity contribution in [1.29, 1.82) is 0 Å². The van der Waals surface area contributed by atoms with Gasteiger partial charge in [-0.15, -0.1) is 0 Å². The molecule has 2 aliphatic rings. The van der Waals surface area contributed by atoms with Gasteiger partial charge in [0.05, 0.1) is 12.1 Å². The summed E-state index contributed by atoms with van der Waals surface area (Å²) in [5.74, 6) is -2.85. The summed E-state index contributed by atoms with van der Waals surface area (Å²) in [6.45, 7) is 9.84. The monoisotopic (exact) mass is 383 g/mol. The molecule has 2 heterocycles. The average molecular weight is 383 g/mol. The Morgan fingerprint density at radius 2 is 1.63 bits per heavy atom. The van der Waals surface area contributed by atoms with Crippen molar-refractivity contribution < 1.29 is 33.8 Å². The molecule has 2 aliphatic heterocycles. The summed E-state index contributed by atoms with van der Waals surface area (Å²) in [5, 5.41) is 14.2. The van der Waals surface area contributed by atoms with Gasteiger partial charge in [-0.1, -0.05) is 0 Å². The Labute approximate surface area is 157 Å². The molecule has 0 aromatic rings. The van der Waals surface area contributed by atoms with Gasteiger partial charge in [-0.25, -0.2) is 24.4 Å². The van der Waals surface area contributed by atoms with Crippen molar-refractivity contribution in [2.75, 3.05) is 13.1 Å². The molecule has 0 radical (unpaired) electrons. The van der Waals surface area contributed by atoms with E-state index in [-0.39, 0.29) is 24.4 Å². The number of hydrogen-bond donors (Lipinski definition) is 2. The van der Waals surface area contributed by atoms with E-state index < -0.39 is 41.2 Å². The highest BCUT2D eigenvalue weighted by molar-refractivity contribution is 6.05. The van der Waals surface area contributed by atoms with Crippen LogP contribution in [0.25, 0.3) is 0 Å². The smallest absolute Gasteiger partial charge is 0.408 e. The van der Waals surface area contributed by atoms with Gasteiger partial charge in [-0.05, 0) is 41.5 Å². The number of alkyl carbamates (subject to hydrolysis) is 1. The van der Waals surface area contributed by atoms with Crippen molar-refractivity contribution in [1.82, 2.24) is 15.3 Å². The summed E-state index contributed by atoms with van der Waals surface area (Å²) in [7, 11) is 0. The summed E-state index contributed by atoms with van der Waals surface area (Å²) in [4.78, 5) is 48.7. The lowest BCUT2D eigenvalue weighted by atomic mass is 10.1. The van der Waals surface area contributed by atoms with Gasteiger partial charge in [0.2, 0.25) is 0 Å². The number of carboxylic acids is 1. The Morgan fingerprint density at radius 3 is 2.11 bits per heavy atom. The van der Waals surface area contributed by atoms with E-state index in [9.17, 15) is 24.3 Å². The standard InChI is InChI=1S/C17H25N3O7/c1-16(2,3)26-14(24)11-9(13(22)23)7-19-8-10(12(21)20(11)19)18-15(25)27-17(4,5)6/h10H,7-8H2,1-6H3,(H,18,25)(H,22,23)/t10-/m0/s1. The second kappa shape index (κ2) is 6.84. The minimum absolute atomic E-state index is 0.0150. The van der Waals surface area contributed by atoms with Crippen LogP contribution in [0.2, 0.25) is 0 Å². The third kappa shape index (κ3) is 4.76. The summed E-state index contributed by atoms with van der Waals surface area (Å²) in [5.41, 5.74) is -2.16. The molecule has 2 amide bonds. The largest absolute Gasteiger partial charge is 0.478 e. The number of rotatable bonds is 3. The van der Waals surface area contributed by atoms with Gasteiger partial charge in [0.15, 0.2) is 5.70 Å². The van der Waals surface area contributed by atoms with Gasteiger partial charge in [0.25, 0.3) is 5.91 Å². The molecule has 0 bridgehead atoms. The first-order valence-corrected chi connectivity index (χ1v) is 8.48. The van der Waals surface area contributed by atoms with Crippen LogP contribution in [0.1, 0.15) is 41.5 Å². The molecule has 10 heteroatoms. The lowest BCUT2D eigenvalue weighted by molar-refractivity contribution is -0.156. The molecular formula is C17H25N3O7. The number of amides is 2. The summed E-state index contributed by atoms with van der Waals surface area (Å²) < 4.78 is 10.4.